The molecule has 1 aliphatic heterocycles. The van der Waals surface area contributed by atoms with E-state index in [1.807, 2.05) is 19.9 Å². The third kappa shape index (κ3) is 3.31. The number of fused-ring (bicyclic) bond motifs is 1. The van der Waals surface area contributed by atoms with Crippen molar-refractivity contribution < 1.29 is 13.9 Å². The van der Waals surface area contributed by atoms with Gasteiger partial charge in [0.2, 0.25) is 5.88 Å². The van der Waals surface area contributed by atoms with Crippen molar-refractivity contribution in [3.05, 3.63) is 82.0 Å². The minimum absolute atomic E-state index is 0.0791. The number of benzene rings is 1. The molecule has 0 spiro atoms. The number of hydrogen-bond donors (Lipinski definition) is 0. The summed E-state index contributed by atoms with van der Waals surface area (Å²) in [4.78, 5) is 22.9. The predicted octanol–water partition coefficient (Wildman–Crippen LogP) is 5.09. The predicted molar refractivity (Wildman–Crippen MR) is 103 cm³/mol. The van der Waals surface area contributed by atoms with E-state index in [1.54, 1.807) is 29.3 Å². The molecule has 0 fully saturated rings. The first kappa shape index (κ1) is 18.4. The number of nitrogens with zero attached hydrogens (tertiary/aromatic N) is 3. The van der Waals surface area contributed by atoms with E-state index in [0.29, 0.717) is 28.9 Å². The zero-order chi connectivity index (χ0) is 19.8. The number of carbonyl (C=O) groups excluding carboxylic acids is 1. The zero-order valence-corrected chi connectivity index (χ0v) is 16.1. The molecule has 2 aromatic heterocycles. The summed E-state index contributed by atoms with van der Waals surface area (Å²) in [5.74, 6) is 0.318. The topological polar surface area (TPSA) is 55.3 Å². The molecule has 1 atom stereocenters. The van der Waals surface area contributed by atoms with Crippen LogP contribution < -0.4 is 4.74 Å². The molecule has 7 heteroatoms. The largest absolute Gasteiger partial charge is 0.439 e. The van der Waals surface area contributed by atoms with Gasteiger partial charge < -0.3 is 9.64 Å². The maximum atomic E-state index is 13.3. The highest BCUT2D eigenvalue weighted by Gasteiger charge is 2.33. The first-order valence-electron chi connectivity index (χ1n) is 8.78. The van der Waals surface area contributed by atoms with Crippen LogP contribution in [0.5, 0.6) is 11.6 Å². The molecule has 1 unspecified atom stereocenters. The number of carbonyl (C=O) groups is 1. The van der Waals surface area contributed by atoms with Crippen molar-refractivity contribution in [2.45, 2.75) is 26.4 Å². The summed E-state index contributed by atoms with van der Waals surface area (Å²) in [5.41, 5.74) is 2.99. The smallest absolute Gasteiger partial charge is 0.255 e. The number of aromatic nitrogens is 2. The highest BCUT2D eigenvalue weighted by Crippen LogP contribution is 2.34. The van der Waals surface area contributed by atoms with Crippen LogP contribution in [0.1, 0.15) is 40.0 Å². The molecule has 4 rings (SSSR count). The van der Waals surface area contributed by atoms with Crippen molar-refractivity contribution in [3.8, 4) is 11.6 Å². The maximum Gasteiger partial charge on any atom is 0.255 e. The second-order valence-corrected chi connectivity index (χ2v) is 7.05. The molecule has 28 heavy (non-hydrogen) atoms. The Morgan fingerprint density at radius 1 is 1.25 bits per heavy atom. The number of ether oxygens (including phenoxy) is 1. The van der Waals surface area contributed by atoms with E-state index in [4.69, 9.17) is 16.3 Å². The van der Waals surface area contributed by atoms with E-state index in [0.717, 1.165) is 16.7 Å². The second kappa shape index (κ2) is 7.20. The molecule has 0 aliphatic carbocycles. The van der Waals surface area contributed by atoms with E-state index < -0.39 is 0 Å². The first-order valence-corrected chi connectivity index (χ1v) is 9.16. The van der Waals surface area contributed by atoms with Crippen LogP contribution in [0.2, 0.25) is 5.15 Å². The highest BCUT2D eigenvalue weighted by molar-refractivity contribution is 6.30. The van der Waals surface area contributed by atoms with Crippen molar-refractivity contribution in [1.82, 2.24) is 14.9 Å². The van der Waals surface area contributed by atoms with Crippen LogP contribution in [0.15, 0.2) is 48.8 Å². The zero-order valence-electron chi connectivity index (χ0n) is 15.3. The molecule has 5 nitrogen and oxygen atoms in total. The molecular weight excluding hydrogens is 381 g/mol. The van der Waals surface area contributed by atoms with E-state index in [-0.39, 0.29) is 17.8 Å². The van der Waals surface area contributed by atoms with Crippen LogP contribution in [0, 0.1) is 12.7 Å². The number of pyridine rings is 2. The third-order valence-electron chi connectivity index (χ3n) is 4.83. The average molecular weight is 398 g/mol. The minimum Gasteiger partial charge on any atom is -0.439 e. The van der Waals surface area contributed by atoms with Gasteiger partial charge in [0, 0.05) is 35.2 Å². The van der Waals surface area contributed by atoms with E-state index in [1.165, 1.54) is 18.3 Å². The Kier molecular flexibility index (Phi) is 4.73. The average Bonchev–Trinajstić information content (AvgIpc) is 3.01. The van der Waals surface area contributed by atoms with Gasteiger partial charge in [-0.3, -0.25) is 4.79 Å². The van der Waals surface area contributed by atoms with E-state index in [9.17, 15) is 9.18 Å². The van der Waals surface area contributed by atoms with Crippen molar-refractivity contribution in [2.75, 3.05) is 0 Å². The Morgan fingerprint density at radius 3 is 2.79 bits per heavy atom. The summed E-state index contributed by atoms with van der Waals surface area (Å²) in [5, 5.41) is 0.355. The quantitative estimate of drug-likeness (QED) is 0.575. The molecule has 142 valence electrons. The number of amides is 1. The minimum atomic E-state index is -0.374. The molecule has 0 bridgehead atoms. The van der Waals surface area contributed by atoms with Crippen LogP contribution in [0.3, 0.4) is 0 Å². The van der Waals surface area contributed by atoms with Gasteiger partial charge in [0.25, 0.3) is 5.91 Å². The number of hydrogen-bond acceptors (Lipinski definition) is 4. The van der Waals surface area contributed by atoms with Gasteiger partial charge in [-0.15, -0.1) is 0 Å². The van der Waals surface area contributed by atoms with Gasteiger partial charge in [-0.25, -0.2) is 14.4 Å². The van der Waals surface area contributed by atoms with Gasteiger partial charge in [-0.1, -0.05) is 17.7 Å². The normalized spacial score (nSPS) is 14.1. The number of aryl methyl sites for hydroxylation is 1. The van der Waals surface area contributed by atoms with Gasteiger partial charge >= 0.3 is 0 Å². The molecule has 0 saturated carbocycles. The number of halogens is 2. The molecule has 3 heterocycles. The monoisotopic (exact) mass is 397 g/mol. The summed E-state index contributed by atoms with van der Waals surface area (Å²) in [7, 11) is 0. The Hall–Kier alpha value is -2.99. The van der Waals surface area contributed by atoms with Crippen molar-refractivity contribution in [2.24, 2.45) is 0 Å². The lowest BCUT2D eigenvalue weighted by atomic mass is 10.1. The third-order valence-corrected chi connectivity index (χ3v) is 5.16. The lowest BCUT2D eigenvalue weighted by Gasteiger charge is -2.25. The Balaban J connectivity index is 1.56. The van der Waals surface area contributed by atoms with Crippen LogP contribution in [0.4, 0.5) is 4.39 Å². The molecule has 0 N–H and O–H groups in total. The van der Waals surface area contributed by atoms with E-state index in [2.05, 4.69) is 9.97 Å². The number of rotatable bonds is 4. The fourth-order valence-corrected chi connectivity index (χ4v) is 3.49. The molecule has 3 aromatic rings. The molecule has 0 saturated heterocycles. The van der Waals surface area contributed by atoms with E-state index >= 15 is 0 Å². The lowest BCUT2D eigenvalue weighted by molar-refractivity contribution is 0.0715. The Labute approximate surface area is 166 Å². The molecular formula is C21H17ClFN3O2. The highest BCUT2D eigenvalue weighted by atomic mass is 35.5. The molecule has 0 radical (unpaired) electrons. The first-order chi connectivity index (χ1) is 13.4. The van der Waals surface area contributed by atoms with Crippen molar-refractivity contribution in [1.29, 1.82) is 0 Å². The fourth-order valence-electron chi connectivity index (χ4n) is 3.27. The molecule has 1 aliphatic rings. The Morgan fingerprint density at radius 2 is 2.07 bits per heavy atom. The molecule has 1 aromatic carbocycles. The van der Waals surface area contributed by atoms with Gasteiger partial charge in [-0.2, -0.15) is 0 Å². The maximum absolute atomic E-state index is 13.3. The standard InChI is InChI=1S/C21H17ClFN3O2/c1-12-8-14(10-25-20(12)28-16-5-3-4-15(23)9-16)13(2)26-11-18-17(21(26)27)6-7-24-19(18)22/h3-10,13H,11H2,1-2H3. The fraction of sp³-hybridized carbons (Fsp3) is 0.190. The van der Waals surface area contributed by atoms with Gasteiger partial charge in [0.15, 0.2) is 0 Å². The summed E-state index contributed by atoms with van der Waals surface area (Å²) in [6.07, 6.45) is 3.21. The van der Waals surface area contributed by atoms with Crippen LogP contribution in [-0.2, 0) is 6.54 Å². The SMILES string of the molecule is Cc1cc(C(C)N2Cc3c(ccnc3Cl)C2=O)cnc1Oc1cccc(F)c1. The van der Waals surface area contributed by atoms with Gasteiger partial charge in [0.1, 0.15) is 16.7 Å². The second-order valence-electron chi connectivity index (χ2n) is 6.69. The summed E-state index contributed by atoms with van der Waals surface area (Å²) in [6, 6.07) is 9.30. The Bertz CT molecular complexity index is 1070. The van der Waals surface area contributed by atoms with Crippen molar-refractivity contribution in [3.63, 3.8) is 0 Å². The molecule has 1 amide bonds. The summed E-state index contributed by atoms with van der Waals surface area (Å²) < 4.78 is 19.0. The van der Waals surface area contributed by atoms with Crippen molar-refractivity contribution >= 4 is 17.5 Å². The summed E-state index contributed by atoms with van der Waals surface area (Å²) >= 11 is 6.14. The lowest BCUT2D eigenvalue weighted by Crippen LogP contribution is -2.27. The van der Waals surface area contributed by atoms with Gasteiger partial charge in [0.05, 0.1) is 12.6 Å². The van der Waals surface area contributed by atoms with Crippen LogP contribution in [-0.4, -0.2) is 20.8 Å². The van der Waals surface area contributed by atoms with Crippen LogP contribution in [0.25, 0.3) is 0 Å². The summed E-state index contributed by atoms with van der Waals surface area (Å²) in [6.45, 7) is 4.20. The van der Waals surface area contributed by atoms with Crippen LogP contribution >= 0.6 is 11.6 Å². The van der Waals surface area contributed by atoms with Gasteiger partial charge in [-0.05, 0) is 43.7 Å².